The van der Waals surface area contributed by atoms with E-state index in [-0.39, 0.29) is 0 Å². The topological polar surface area (TPSA) is 44.0 Å². The molecule has 0 radical (unpaired) electrons. The Hall–Kier alpha value is -0.850. The van der Waals surface area contributed by atoms with Crippen molar-refractivity contribution in [3.63, 3.8) is 0 Å². The number of nitriles is 1. The summed E-state index contributed by atoms with van der Waals surface area (Å²) in [4.78, 5) is 0.924. The second-order valence-corrected chi connectivity index (χ2v) is 4.87. The Morgan fingerprint density at radius 2 is 2.21 bits per heavy atom. The fraction of sp³-hybridized carbons (Fsp3) is 0.545. The maximum Gasteiger partial charge on any atom is 0.107 e. The van der Waals surface area contributed by atoms with Gasteiger partial charge < -0.3 is 5.11 Å². The molecule has 2 nitrogen and oxygen atoms in total. The molecule has 1 atom stereocenters. The molecule has 2 rings (SSSR count). The fourth-order valence-corrected chi connectivity index (χ4v) is 3.00. The van der Waals surface area contributed by atoms with Gasteiger partial charge in [-0.05, 0) is 24.3 Å². The molecule has 1 fully saturated rings. The number of rotatable bonds is 2. The Bertz CT molecular complexity index is 333. The first-order chi connectivity index (χ1) is 6.78. The standard InChI is InChI=1S/C11H13NOS/c12-8-11(5-1-2-6-11)10(13)9-4-3-7-14-9/h3-4,7,10,13H,1-2,5-6H2. The number of aliphatic hydroxyl groups excluding tert-OH is 1. The molecule has 0 aliphatic heterocycles. The lowest BCUT2D eigenvalue weighted by molar-refractivity contribution is 0.0702. The van der Waals surface area contributed by atoms with Crippen molar-refractivity contribution in [3.05, 3.63) is 22.4 Å². The van der Waals surface area contributed by atoms with Crippen LogP contribution in [-0.2, 0) is 0 Å². The monoisotopic (exact) mass is 207 g/mol. The Morgan fingerprint density at radius 1 is 1.50 bits per heavy atom. The fourth-order valence-electron chi connectivity index (χ4n) is 2.17. The summed E-state index contributed by atoms with van der Waals surface area (Å²) in [5, 5.41) is 21.3. The summed E-state index contributed by atoms with van der Waals surface area (Å²) in [6.07, 6.45) is 3.21. The molecule has 1 unspecified atom stereocenters. The summed E-state index contributed by atoms with van der Waals surface area (Å²) >= 11 is 1.53. The highest BCUT2D eigenvalue weighted by Crippen LogP contribution is 2.47. The lowest BCUT2D eigenvalue weighted by Crippen LogP contribution is -2.23. The molecule has 0 spiro atoms. The third kappa shape index (κ3) is 1.45. The third-order valence-corrected chi connectivity index (χ3v) is 3.98. The molecular weight excluding hydrogens is 194 g/mol. The quantitative estimate of drug-likeness (QED) is 0.810. The lowest BCUT2D eigenvalue weighted by Gasteiger charge is -2.25. The predicted molar refractivity (Wildman–Crippen MR) is 55.8 cm³/mol. The van der Waals surface area contributed by atoms with Crippen LogP contribution < -0.4 is 0 Å². The highest BCUT2D eigenvalue weighted by molar-refractivity contribution is 7.10. The largest absolute Gasteiger partial charge is 0.386 e. The Labute approximate surface area is 87.8 Å². The summed E-state index contributed by atoms with van der Waals surface area (Å²) in [5.74, 6) is 0. The molecular formula is C11H13NOS. The molecule has 1 N–H and O–H groups in total. The molecule has 0 aromatic carbocycles. The minimum absolute atomic E-state index is 0.509. The molecule has 0 saturated heterocycles. The van der Waals surface area contributed by atoms with Crippen LogP contribution in [0.5, 0.6) is 0 Å². The molecule has 14 heavy (non-hydrogen) atoms. The van der Waals surface area contributed by atoms with E-state index < -0.39 is 11.5 Å². The van der Waals surface area contributed by atoms with Crippen LogP contribution in [0.25, 0.3) is 0 Å². The van der Waals surface area contributed by atoms with E-state index in [9.17, 15) is 10.4 Å². The number of aliphatic hydroxyl groups is 1. The van der Waals surface area contributed by atoms with Gasteiger partial charge in [-0.25, -0.2) is 0 Å². The van der Waals surface area contributed by atoms with Gasteiger partial charge in [0.15, 0.2) is 0 Å². The summed E-state index contributed by atoms with van der Waals surface area (Å²) in [6, 6.07) is 6.15. The molecule has 1 heterocycles. The molecule has 1 saturated carbocycles. The minimum Gasteiger partial charge on any atom is -0.386 e. The van der Waals surface area contributed by atoms with E-state index in [1.54, 1.807) is 0 Å². The van der Waals surface area contributed by atoms with E-state index in [2.05, 4.69) is 6.07 Å². The maximum atomic E-state index is 10.1. The van der Waals surface area contributed by atoms with E-state index in [1.807, 2.05) is 17.5 Å². The van der Waals surface area contributed by atoms with Crippen LogP contribution in [0.1, 0.15) is 36.7 Å². The Balaban J connectivity index is 2.25. The van der Waals surface area contributed by atoms with Gasteiger partial charge in [-0.15, -0.1) is 11.3 Å². The predicted octanol–water partition coefficient (Wildman–Crippen LogP) is 2.87. The van der Waals surface area contributed by atoms with Gasteiger partial charge in [0.25, 0.3) is 0 Å². The van der Waals surface area contributed by atoms with Crippen LogP contribution in [0.2, 0.25) is 0 Å². The third-order valence-electron chi connectivity index (χ3n) is 3.05. The zero-order chi connectivity index (χ0) is 10.0. The minimum atomic E-state index is -0.588. The van der Waals surface area contributed by atoms with Crippen LogP contribution in [0, 0.1) is 16.7 Å². The highest BCUT2D eigenvalue weighted by atomic mass is 32.1. The van der Waals surface area contributed by atoms with Gasteiger partial charge in [0.2, 0.25) is 0 Å². The first-order valence-corrected chi connectivity index (χ1v) is 5.79. The van der Waals surface area contributed by atoms with E-state index in [0.29, 0.717) is 0 Å². The Kier molecular flexibility index (Phi) is 2.58. The van der Waals surface area contributed by atoms with E-state index in [4.69, 9.17) is 0 Å². The average molecular weight is 207 g/mol. The lowest BCUT2D eigenvalue weighted by atomic mass is 9.81. The maximum absolute atomic E-state index is 10.1. The summed E-state index contributed by atoms with van der Waals surface area (Å²) in [6.45, 7) is 0. The molecule has 1 aromatic heterocycles. The molecule has 0 amide bonds. The van der Waals surface area contributed by atoms with Crippen LogP contribution in [0.3, 0.4) is 0 Å². The number of thiophene rings is 1. The van der Waals surface area contributed by atoms with Gasteiger partial charge >= 0.3 is 0 Å². The van der Waals surface area contributed by atoms with Crippen LogP contribution in [0.4, 0.5) is 0 Å². The second kappa shape index (κ2) is 3.72. The average Bonchev–Trinajstić information content (AvgIpc) is 2.89. The van der Waals surface area contributed by atoms with Gasteiger partial charge in [-0.3, -0.25) is 0 Å². The molecule has 1 aliphatic rings. The molecule has 1 aromatic rings. The summed E-state index contributed by atoms with van der Waals surface area (Å²) in [7, 11) is 0. The van der Waals surface area contributed by atoms with Gasteiger partial charge in [0, 0.05) is 4.88 Å². The summed E-state index contributed by atoms with van der Waals surface area (Å²) < 4.78 is 0. The molecule has 74 valence electrons. The zero-order valence-electron chi connectivity index (χ0n) is 7.94. The van der Waals surface area contributed by atoms with Gasteiger partial charge in [-0.2, -0.15) is 5.26 Å². The zero-order valence-corrected chi connectivity index (χ0v) is 8.76. The van der Waals surface area contributed by atoms with Gasteiger partial charge in [-0.1, -0.05) is 18.9 Å². The van der Waals surface area contributed by atoms with Gasteiger partial charge in [0.1, 0.15) is 6.10 Å². The Morgan fingerprint density at radius 3 is 2.71 bits per heavy atom. The van der Waals surface area contributed by atoms with Crippen molar-refractivity contribution in [3.8, 4) is 6.07 Å². The van der Waals surface area contributed by atoms with Gasteiger partial charge in [0.05, 0.1) is 11.5 Å². The van der Waals surface area contributed by atoms with Crippen LogP contribution in [-0.4, -0.2) is 5.11 Å². The second-order valence-electron chi connectivity index (χ2n) is 3.89. The summed E-state index contributed by atoms with van der Waals surface area (Å²) in [5.41, 5.74) is -0.509. The number of nitrogens with zero attached hydrogens (tertiary/aromatic N) is 1. The smallest absolute Gasteiger partial charge is 0.107 e. The highest BCUT2D eigenvalue weighted by Gasteiger charge is 2.42. The SMILES string of the molecule is N#CC1(C(O)c2cccs2)CCCC1. The first-order valence-electron chi connectivity index (χ1n) is 4.91. The van der Waals surface area contributed by atoms with Crippen molar-refractivity contribution in [1.29, 1.82) is 5.26 Å². The molecule has 3 heteroatoms. The van der Waals surface area contributed by atoms with E-state index in [0.717, 1.165) is 30.6 Å². The van der Waals surface area contributed by atoms with Crippen molar-refractivity contribution >= 4 is 11.3 Å². The first kappa shape index (κ1) is 9.70. The van der Waals surface area contributed by atoms with Crippen LogP contribution >= 0.6 is 11.3 Å². The van der Waals surface area contributed by atoms with Crippen molar-refractivity contribution in [2.75, 3.05) is 0 Å². The van der Waals surface area contributed by atoms with Crippen molar-refractivity contribution in [2.24, 2.45) is 5.41 Å². The normalized spacial score (nSPS) is 21.7. The number of hydrogen-bond donors (Lipinski definition) is 1. The molecule has 1 aliphatic carbocycles. The number of hydrogen-bond acceptors (Lipinski definition) is 3. The van der Waals surface area contributed by atoms with Crippen LogP contribution in [0.15, 0.2) is 17.5 Å². The van der Waals surface area contributed by atoms with E-state index >= 15 is 0 Å². The molecule has 0 bridgehead atoms. The van der Waals surface area contributed by atoms with Crippen molar-refractivity contribution < 1.29 is 5.11 Å². The van der Waals surface area contributed by atoms with Crippen molar-refractivity contribution in [2.45, 2.75) is 31.8 Å². The van der Waals surface area contributed by atoms with Crippen molar-refractivity contribution in [1.82, 2.24) is 0 Å². The van der Waals surface area contributed by atoms with E-state index in [1.165, 1.54) is 11.3 Å².